The number of benzene rings is 1. The van der Waals surface area contributed by atoms with Gasteiger partial charge >= 0.3 is 0 Å². The number of amides is 1. The van der Waals surface area contributed by atoms with Crippen LogP contribution in [0.2, 0.25) is 0 Å². The monoisotopic (exact) mass is 319 g/mol. The van der Waals surface area contributed by atoms with Gasteiger partial charge < -0.3 is 9.64 Å². The van der Waals surface area contributed by atoms with Crippen molar-refractivity contribution in [3.05, 3.63) is 29.8 Å². The van der Waals surface area contributed by atoms with Gasteiger partial charge in [-0.25, -0.2) is 17.2 Å². The second-order valence-electron chi connectivity index (χ2n) is 4.70. The number of carbonyl (C=O) groups excluding carboxylic acids is 1. The first-order valence-electron chi connectivity index (χ1n) is 6.39. The SMILES string of the molecule is C[C@@H](C(=O)N1CCOCC1)S(=O)(=O)c1ccc(F)cc1F. The van der Waals surface area contributed by atoms with E-state index in [1.54, 1.807) is 0 Å². The lowest BCUT2D eigenvalue weighted by Gasteiger charge is -2.29. The predicted molar refractivity (Wildman–Crippen MR) is 70.4 cm³/mol. The van der Waals surface area contributed by atoms with Crippen molar-refractivity contribution in [1.82, 2.24) is 4.90 Å². The zero-order valence-electron chi connectivity index (χ0n) is 11.4. The van der Waals surface area contributed by atoms with Crippen LogP contribution in [-0.4, -0.2) is 50.8 Å². The molecule has 1 aliphatic rings. The van der Waals surface area contributed by atoms with Crippen molar-refractivity contribution in [1.29, 1.82) is 0 Å². The number of rotatable bonds is 3. The Morgan fingerprint density at radius 3 is 2.48 bits per heavy atom. The molecule has 1 heterocycles. The van der Waals surface area contributed by atoms with Crippen molar-refractivity contribution >= 4 is 15.7 Å². The Balaban J connectivity index is 2.27. The van der Waals surface area contributed by atoms with Gasteiger partial charge in [-0.05, 0) is 19.1 Å². The highest BCUT2D eigenvalue weighted by atomic mass is 32.2. The van der Waals surface area contributed by atoms with E-state index in [0.29, 0.717) is 32.4 Å². The average Bonchev–Trinajstić information content (AvgIpc) is 2.46. The fraction of sp³-hybridized carbons (Fsp3) is 0.462. The predicted octanol–water partition coefficient (Wildman–Crippen LogP) is 0.986. The molecule has 1 fully saturated rings. The third kappa shape index (κ3) is 3.21. The van der Waals surface area contributed by atoms with E-state index in [-0.39, 0.29) is 0 Å². The summed E-state index contributed by atoms with van der Waals surface area (Å²) in [5.41, 5.74) is 0. The standard InChI is InChI=1S/C13H15F2NO4S/c1-9(13(17)16-4-6-20-7-5-16)21(18,19)12-3-2-10(14)8-11(12)15/h2-3,8-9H,4-7H2,1H3/t9-/m0/s1. The van der Waals surface area contributed by atoms with E-state index < -0.39 is 37.5 Å². The van der Waals surface area contributed by atoms with Gasteiger partial charge in [-0.3, -0.25) is 4.79 Å². The number of morpholine rings is 1. The molecule has 0 bridgehead atoms. The normalized spacial score (nSPS) is 17.6. The number of hydrogen-bond acceptors (Lipinski definition) is 4. The summed E-state index contributed by atoms with van der Waals surface area (Å²) in [6.07, 6.45) is 0. The van der Waals surface area contributed by atoms with E-state index in [1.165, 1.54) is 11.8 Å². The molecule has 0 radical (unpaired) electrons. The summed E-state index contributed by atoms with van der Waals surface area (Å²) in [6.45, 7) is 2.47. The van der Waals surface area contributed by atoms with Gasteiger partial charge in [0.15, 0.2) is 9.84 Å². The van der Waals surface area contributed by atoms with E-state index in [9.17, 15) is 22.0 Å². The summed E-state index contributed by atoms with van der Waals surface area (Å²) in [7, 11) is -4.21. The van der Waals surface area contributed by atoms with Crippen LogP contribution in [0.4, 0.5) is 8.78 Å². The summed E-state index contributed by atoms with van der Waals surface area (Å²) in [6, 6.07) is 2.17. The lowest BCUT2D eigenvalue weighted by atomic mass is 10.3. The Hall–Kier alpha value is -1.54. The van der Waals surface area contributed by atoms with Gasteiger partial charge in [0.1, 0.15) is 21.8 Å². The van der Waals surface area contributed by atoms with Crippen LogP contribution in [0.15, 0.2) is 23.1 Å². The summed E-state index contributed by atoms with van der Waals surface area (Å²) in [5, 5.41) is -1.43. The lowest BCUT2D eigenvalue weighted by molar-refractivity contribution is -0.134. The number of hydrogen-bond donors (Lipinski definition) is 0. The van der Waals surface area contributed by atoms with Crippen LogP contribution in [0.3, 0.4) is 0 Å². The molecular formula is C13H15F2NO4S. The van der Waals surface area contributed by atoms with Gasteiger partial charge in [-0.2, -0.15) is 0 Å². The molecule has 0 aliphatic carbocycles. The van der Waals surface area contributed by atoms with Crippen molar-refractivity contribution in [2.75, 3.05) is 26.3 Å². The first-order chi connectivity index (χ1) is 9.84. The maximum absolute atomic E-state index is 13.6. The molecule has 116 valence electrons. The van der Waals surface area contributed by atoms with Gasteiger partial charge in [-0.15, -0.1) is 0 Å². The first kappa shape index (κ1) is 15.8. The Labute approximate surface area is 121 Å². The van der Waals surface area contributed by atoms with E-state index in [1.807, 2.05) is 0 Å². The summed E-state index contributed by atoms with van der Waals surface area (Å²) < 4.78 is 56.2. The molecule has 1 aromatic rings. The second-order valence-corrected chi connectivity index (χ2v) is 6.94. The number of sulfone groups is 1. The summed E-state index contributed by atoms with van der Waals surface area (Å²) >= 11 is 0. The second kappa shape index (κ2) is 6.07. The molecule has 2 rings (SSSR count). The van der Waals surface area contributed by atoms with Crippen molar-refractivity contribution < 1.29 is 26.7 Å². The Morgan fingerprint density at radius 2 is 1.90 bits per heavy atom. The minimum atomic E-state index is -4.21. The van der Waals surface area contributed by atoms with Crippen LogP contribution in [0.1, 0.15) is 6.92 Å². The molecule has 0 saturated carbocycles. The maximum Gasteiger partial charge on any atom is 0.241 e. The van der Waals surface area contributed by atoms with Gasteiger partial charge in [0, 0.05) is 19.2 Å². The molecular weight excluding hydrogens is 304 g/mol. The molecule has 1 saturated heterocycles. The lowest BCUT2D eigenvalue weighted by Crippen LogP contribution is -2.47. The highest BCUT2D eigenvalue weighted by Crippen LogP contribution is 2.22. The van der Waals surface area contributed by atoms with Crippen molar-refractivity contribution in [3.63, 3.8) is 0 Å². The van der Waals surface area contributed by atoms with E-state index in [2.05, 4.69) is 0 Å². The highest BCUT2D eigenvalue weighted by molar-refractivity contribution is 7.92. The van der Waals surface area contributed by atoms with Crippen molar-refractivity contribution in [3.8, 4) is 0 Å². The van der Waals surface area contributed by atoms with Crippen LogP contribution in [0.25, 0.3) is 0 Å². The van der Waals surface area contributed by atoms with Crippen LogP contribution >= 0.6 is 0 Å². The molecule has 1 aliphatic heterocycles. The molecule has 5 nitrogen and oxygen atoms in total. The Morgan fingerprint density at radius 1 is 1.29 bits per heavy atom. The zero-order valence-corrected chi connectivity index (χ0v) is 12.2. The fourth-order valence-corrected chi connectivity index (χ4v) is 3.45. The molecule has 1 atom stereocenters. The number of ether oxygens (including phenoxy) is 1. The third-order valence-electron chi connectivity index (χ3n) is 3.34. The molecule has 0 unspecified atom stereocenters. The van der Waals surface area contributed by atoms with Gasteiger partial charge in [0.05, 0.1) is 13.2 Å². The quantitative estimate of drug-likeness (QED) is 0.779. The summed E-state index contributed by atoms with van der Waals surface area (Å²) in [4.78, 5) is 12.9. The van der Waals surface area contributed by atoms with Crippen LogP contribution < -0.4 is 0 Å². The molecule has 21 heavy (non-hydrogen) atoms. The molecule has 1 amide bonds. The third-order valence-corrected chi connectivity index (χ3v) is 5.41. The largest absolute Gasteiger partial charge is 0.378 e. The topological polar surface area (TPSA) is 63.7 Å². The van der Waals surface area contributed by atoms with Crippen LogP contribution in [0.5, 0.6) is 0 Å². The first-order valence-corrected chi connectivity index (χ1v) is 7.94. The van der Waals surface area contributed by atoms with E-state index in [0.717, 1.165) is 12.1 Å². The molecule has 1 aromatic carbocycles. The number of halogens is 2. The van der Waals surface area contributed by atoms with Crippen molar-refractivity contribution in [2.24, 2.45) is 0 Å². The van der Waals surface area contributed by atoms with Crippen LogP contribution in [0, 0.1) is 11.6 Å². The minimum Gasteiger partial charge on any atom is -0.378 e. The Kier molecular flexibility index (Phi) is 4.58. The van der Waals surface area contributed by atoms with Gasteiger partial charge in [0.2, 0.25) is 5.91 Å². The van der Waals surface area contributed by atoms with Gasteiger partial charge in [0.25, 0.3) is 0 Å². The molecule has 8 heteroatoms. The van der Waals surface area contributed by atoms with E-state index in [4.69, 9.17) is 4.74 Å². The molecule has 0 aromatic heterocycles. The molecule has 0 N–H and O–H groups in total. The van der Waals surface area contributed by atoms with Gasteiger partial charge in [-0.1, -0.05) is 0 Å². The van der Waals surface area contributed by atoms with Crippen LogP contribution in [-0.2, 0) is 19.4 Å². The smallest absolute Gasteiger partial charge is 0.241 e. The maximum atomic E-state index is 13.6. The minimum absolute atomic E-state index is 0.296. The van der Waals surface area contributed by atoms with Crippen molar-refractivity contribution in [2.45, 2.75) is 17.1 Å². The summed E-state index contributed by atoms with van der Waals surface area (Å²) in [5.74, 6) is -2.68. The number of carbonyl (C=O) groups is 1. The zero-order chi connectivity index (χ0) is 15.6. The number of nitrogens with zero attached hydrogens (tertiary/aromatic N) is 1. The fourth-order valence-electron chi connectivity index (χ4n) is 2.07. The Bertz CT molecular complexity index is 642. The molecule has 0 spiro atoms. The van der Waals surface area contributed by atoms with E-state index >= 15 is 0 Å². The average molecular weight is 319 g/mol. The highest BCUT2D eigenvalue weighted by Gasteiger charge is 2.35.